The van der Waals surface area contributed by atoms with Gasteiger partial charge in [0.2, 0.25) is 10.0 Å². The van der Waals surface area contributed by atoms with E-state index in [-0.39, 0.29) is 12.5 Å². The van der Waals surface area contributed by atoms with E-state index in [0.717, 1.165) is 17.4 Å². The van der Waals surface area contributed by atoms with Gasteiger partial charge in [0.15, 0.2) is 0 Å². The van der Waals surface area contributed by atoms with Crippen LogP contribution in [-0.4, -0.2) is 32.2 Å². The monoisotopic (exact) mass is 540 g/mol. The fraction of sp³-hybridized carbons (Fsp3) is 0.100. The summed E-state index contributed by atoms with van der Waals surface area (Å²) in [6, 6.07) is 31.6. The molecular formula is C30H28N4O4S. The van der Waals surface area contributed by atoms with Crippen LogP contribution in [0.5, 0.6) is 0 Å². The molecule has 4 aromatic rings. The van der Waals surface area contributed by atoms with Crippen LogP contribution >= 0.6 is 0 Å². The minimum absolute atomic E-state index is 0.184. The number of anilines is 2. The Morgan fingerprint density at radius 2 is 1.26 bits per heavy atom. The lowest BCUT2D eigenvalue weighted by Gasteiger charge is -2.22. The topological polar surface area (TPSA) is 108 Å². The van der Waals surface area contributed by atoms with Crippen LogP contribution in [0, 0.1) is 0 Å². The summed E-state index contributed by atoms with van der Waals surface area (Å²) in [5.41, 5.74) is 6.72. The average molecular weight is 541 g/mol. The zero-order chi connectivity index (χ0) is 27.8. The number of hydrogen-bond acceptors (Lipinski definition) is 5. The van der Waals surface area contributed by atoms with E-state index in [0.29, 0.717) is 28.2 Å². The maximum Gasteiger partial charge on any atom is 0.271 e. The number of nitrogens with one attached hydrogen (secondary N) is 2. The number of sulfonamides is 1. The molecule has 4 aromatic carbocycles. The van der Waals surface area contributed by atoms with Gasteiger partial charge in [-0.05, 0) is 66.6 Å². The second-order valence-electron chi connectivity index (χ2n) is 8.84. The molecule has 0 aliphatic carbocycles. The molecule has 2 N–H and O–H groups in total. The highest BCUT2D eigenvalue weighted by molar-refractivity contribution is 7.92. The molecule has 9 heteroatoms. The Hall–Kier alpha value is -4.76. The van der Waals surface area contributed by atoms with Crippen molar-refractivity contribution in [2.24, 2.45) is 5.10 Å². The van der Waals surface area contributed by atoms with E-state index in [9.17, 15) is 18.0 Å². The van der Waals surface area contributed by atoms with Gasteiger partial charge in [-0.1, -0.05) is 60.7 Å². The van der Waals surface area contributed by atoms with Gasteiger partial charge in [-0.3, -0.25) is 13.9 Å². The van der Waals surface area contributed by atoms with Crippen molar-refractivity contribution >= 4 is 38.9 Å². The van der Waals surface area contributed by atoms with Gasteiger partial charge in [0.05, 0.1) is 24.2 Å². The molecule has 0 radical (unpaired) electrons. The quantitative estimate of drug-likeness (QED) is 0.229. The molecule has 2 amide bonds. The molecule has 0 spiro atoms. The van der Waals surface area contributed by atoms with Crippen molar-refractivity contribution in [2.45, 2.75) is 13.5 Å². The predicted molar refractivity (Wildman–Crippen MR) is 154 cm³/mol. The molecule has 0 bridgehead atoms. The first kappa shape index (κ1) is 27.3. The van der Waals surface area contributed by atoms with Crippen LogP contribution in [0.25, 0.3) is 0 Å². The predicted octanol–water partition coefficient (Wildman–Crippen LogP) is 5.06. The molecule has 0 unspecified atom stereocenters. The number of hydrazone groups is 1. The summed E-state index contributed by atoms with van der Waals surface area (Å²) < 4.78 is 26.1. The zero-order valence-electron chi connectivity index (χ0n) is 21.5. The Morgan fingerprint density at radius 1 is 0.718 bits per heavy atom. The Balaban J connectivity index is 1.38. The van der Waals surface area contributed by atoms with E-state index < -0.39 is 15.9 Å². The Morgan fingerprint density at radius 3 is 1.85 bits per heavy atom. The second-order valence-corrected chi connectivity index (χ2v) is 10.7. The Kier molecular flexibility index (Phi) is 8.53. The highest BCUT2D eigenvalue weighted by Gasteiger charge is 2.18. The molecule has 0 aliphatic rings. The van der Waals surface area contributed by atoms with E-state index in [2.05, 4.69) is 15.8 Å². The van der Waals surface area contributed by atoms with E-state index >= 15 is 0 Å². The van der Waals surface area contributed by atoms with Gasteiger partial charge in [-0.25, -0.2) is 13.8 Å². The lowest BCUT2D eigenvalue weighted by molar-refractivity contribution is 0.0954. The molecule has 4 rings (SSSR count). The lowest BCUT2D eigenvalue weighted by atomic mass is 10.1. The van der Waals surface area contributed by atoms with Gasteiger partial charge in [0.25, 0.3) is 11.8 Å². The van der Waals surface area contributed by atoms with Crippen LogP contribution in [-0.2, 0) is 16.6 Å². The second kappa shape index (κ2) is 12.2. The molecule has 39 heavy (non-hydrogen) atoms. The van der Waals surface area contributed by atoms with Crippen molar-refractivity contribution in [3.63, 3.8) is 0 Å². The van der Waals surface area contributed by atoms with E-state index in [1.165, 1.54) is 4.31 Å². The summed E-state index contributed by atoms with van der Waals surface area (Å²) in [5, 5.41) is 7.03. The van der Waals surface area contributed by atoms with Gasteiger partial charge in [0.1, 0.15) is 0 Å². The first-order valence-corrected chi connectivity index (χ1v) is 14.0. The number of nitrogens with zero attached hydrogens (tertiary/aromatic N) is 2. The molecule has 0 aliphatic heterocycles. The largest absolute Gasteiger partial charge is 0.322 e. The summed E-state index contributed by atoms with van der Waals surface area (Å²) in [6.07, 6.45) is 1.15. The van der Waals surface area contributed by atoms with Crippen molar-refractivity contribution < 1.29 is 18.0 Å². The smallest absolute Gasteiger partial charge is 0.271 e. The van der Waals surface area contributed by atoms with Gasteiger partial charge in [0, 0.05) is 16.8 Å². The fourth-order valence-corrected chi connectivity index (χ4v) is 4.67. The van der Waals surface area contributed by atoms with Crippen LogP contribution in [0.4, 0.5) is 11.4 Å². The molecular weight excluding hydrogens is 512 g/mol. The Bertz CT molecular complexity index is 1570. The first-order valence-electron chi connectivity index (χ1n) is 12.1. The number of amides is 2. The van der Waals surface area contributed by atoms with Gasteiger partial charge in [-0.2, -0.15) is 5.10 Å². The number of carbonyl (C=O) groups is 2. The molecule has 0 atom stereocenters. The van der Waals surface area contributed by atoms with E-state index in [4.69, 9.17) is 0 Å². The molecule has 198 valence electrons. The standard InChI is InChI=1S/C30H28N4O4S/c1-22(24-13-17-27(18-14-24)31-29(35)25-11-7-4-8-12-25)32-33-30(36)26-15-19-28(20-16-26)34(39(2,37)38)21-23-9-5-3-6-10-23/h3-20H,21H2,1-2H3,(H,31,35)(H,33,36)/b32-22-. The van der Waals surface area contributed by atoms with Gasteiger partial charge < -0.3 is 5.32 Å². The number of hydrogen-bond donors (Lipinski definition) is 2. The maximum absolute atomic E-state index is 12.7. The molecule has 0 saturated carbocycles. The average Bonchev–Trinajstić information content (AvgIpc) is 2.95. The third-order valence-electron chi connectivity index (χ3n) is 5.91. The molecule has 8 nitrogen and oxygen atoms in total. The highest BCUT2D eigenvalue weighted by Crippen LogP contribution is 2.21. The van der Waals surface area contributed by atoms with E-state index in [1.807, 2.05) is 36.4 Å². The molecule has 0 heterocycles. The minimum atomic E-state index is -3.54. The van der Waals surface area contributed by atoms with Crippen LogP contribution < -0.4 is 15.0 Å². The van der Waals surface area contributed by atoms with Crippen LogP contribution in [0.3, 0.4) is 0 Å². The maximum atomic E-state index is 12.7. The number of carbonyl (C=O) groups excluding carboxylic acids is 2. The molecule has 0 aromatic heterocycles. The highest BCUT2D eigenvalue weighted by atomic mass is 32.2. The SMILES string of the molecule is C/C(=N/NC(=O)c1ccc(N(Cc2ccccc2)S(C)(=O)=O)cc1)c1ccc(NC(=O)c2ccccc2)cc1. The third-order valence-corrected chi connectivity index (χ3v) is 7.05. The summed E-state index contributed by atoms with van der Waals surface area (Å²) in [5.74, 6) is -0.631. The van der Waals surface area contributed by atoms with Gasteiger partial charge >= 0.3 is 0 Å². The third kappa shape index (κ3) is 7.39. The Labute approximate surface area is 228 Å². The lowest BCUT2D eigenvalue weighted by Crippen LogP contribution is -2.29. The van der Waals surface area contributed by atoms with Crippen molar-refractivity contribution in [3.8, 4) is 0 Å². The molecule has 0 fully saturated rings. The van der Waals surface area contributed by atoms with E-state index in [1.54, 1.807) is 79.7 Å². The van der Waals surface area contributed by atoms with Crippen LogP contribution in [0.2, 0.25) is 0 Å². The first-order chi connectivity index (χ1) is 18.7. The van der Waals surface area contributed by atoms with Crippen molar-refractivity contribution in [1.29, 1.82) is 0 Å². The number of benzene rings is 4. The van der Waals surface area contributed by atoms with Crippen LogP contribution in [0.1, 0.15) is 38.8 Å². The summed E-state index contributed by atoms with van der Waals surface area (Å²) in [7, 11) is -3.54. The fourth-order valence-electron chi connectivity index (χ4n) is 3.78. The van der Waals surface area contributed by atoms with Gasteiger partial charge in [-0.15, -0.1) is 0 Å². The van der Waals surface area contributed by atoms with Crippen molar-refractivity contribution in [3.05, 3.63) is 131 Å². The molecule has 0 saturated heterocycles. The summed E-state index contributed by atoms with van der Waals surface area (Å²) >= 11 is 0. The van der Waals surface area contributed by atoms with Crippen molar-refractivity contribution in [1.82, 2.24) is 5.43 Å². The van der Waals surface area contributed by atoms with Crippen molar-refractivity contribution in [2.75, 3.05) is 15.9 Å². The number of rotatable bonds is 9. The minimum Gasteiger partial charge on any atom is -0.322 e. The normalized spacial score (nSPS) is 11.5. The summed E-state index contributed by atoms with van der Waals surface area (Å²) in [6.45, 7) is 1.94. The summed E-state index contributed by atoms with van der Waals surface area (Å²) in [4.78, 5) is 25.0. The zero-order valence-corrected chi connectivity index (χ0v) is 22.4. The van der Waals surface area contributed by atoms with Crippen LogP contribution in [0.15, 0.2) is 114 Å².